The van der Waals surface area contributed by atoms with E-state index in [9.17, 15) is 5.11 Å². The van der Waals surface area contributed by atoms with Crippen LogP contribution in [0.15, 0.2) is 46.1 Å². The zero-order valence-corrected chi connectivity index (χ0v) is 30.3. The first kappa shape index (κ1) is 36.4. The van der Waals surface area contributed by atoms with Gasteiger partial charge in [0, 0.05) is 14.7 Å². The Labute approximate surface area is 245 Å². The fraction of sp³-hybridized carbons (Fsp3) is 0.688. The van der Waals surface area contributed by atoms with Crippen molar-refractivity contribution in [2.24, 2.45) is 11.8 Å². The van der Waals surface area contributed by atoms with Crippen LogP contribution in [0.2, 0.25) is 40.5 Å². The third-order valence-corrected chi connectivity index (χ3v) is 15.4. The molecule has 1 rings (SSSR count). The molecule has 0 saturated heterocycles. The van der Waals surface area contributed by atoms with Crippen LogP contribution in [-0.4, -0.2) is 71.4 Å². The summed E-state index contributed by atoms with van der Waals surface area (Å²) in [6.45, 7) is 18.8. The summed E-state index contributed by atoms with van der Waals surface area (Å²) in [5.74, 6) is 1.50. The molecule has 7 heteroatoms. The van der Waals surface area contributed by atoms with Gasteiger partial charge in [-0.05, 0) is 6.04 Å². The first-order valence-corrected chi connectivity index (χ1v) is 28.3. The summed E-state index contributed by atoms with van der Waals surface area (Å²) in [5, 5.41) is 11.0. The average Bonchev–Trinajstić information content (AvgIpc) is 2.84. The maximum atomic E-state index is 11.0. The Hall–Kier alpha value is -0.644. The number of aliphatic hydroxyl groups excluding tert-OH is 1. The summed E-state index contributed by atoms with van der Waals surface area (Å²) >= 11 is -2.34. The number of ether oxygens (including phenoxy) is 4. The summed E-state index contributed by atoms with van der Waals surface area (Å²) < 4.78 is 24.0. The average molecular weight is 670 g/mol. The van der Waals surface area contributed by atoms with E-state index < -0.39 is 26.5 Å². The molecule has 1 N–H and O–H groups in total. The van der Waals surface area contributed by atoms with Gasteiger partial charge in [-0.15, -0.1) is 0 Å². The summed E-state index contributed by atoms with van der Waals surface area (Å²) in [4.78, 5) is 7.17. The molecule has 224 valence electrons. The Morgan fingerprint density at radius 1 is 1.05 bits per heavy atom. The van der Waals surface area contributed by atoms with Crippen LogP contribution in [0, 0.1) is 11.8 Å². The molecule has 0 heterocycles. The molecule has 0 aliphatic heterocycles. The molecule has 1 aromatic rings. The Morgan fingerprint density at radius 2 is 1.72 bits per heavy atom. The van der Waals surface area contributed by atoms with E-state index in [1.54, 1.807) is 7.11 Å². The number of benzene rings is 1. The predicted octanol–water partition coefficient (Wildman–Crippen LogP) is 8.09. The van der Waals surface area contributed by atoms with Gasteiger partial charge in [-0.2, -0.15) is 0 Å². The van der Waals surface area contributed by atoms with Crippen molar-refractivity contribution in [3.05, 3.63) is 51.6 Å². The maximum absolute atomic E-state index is 11.0. The van der Waals surface area contributed by atoms with Crippen molar-refractivity contribution >= 4 is 26.5 Å². The molecule has 0 aliphatic rings. The van der Waals surface area contributed by atoms with Gasteiger partial charge in [-0.1, -0.05) is 19.6 Å². The Balaban J connectivity index is 2.43. The van der Waals surface area contributed by atoms with Gasteiger partial charge in [0.2, 0.25) is 0 Å². The first-order chi connectivity index (χ1) is 18.2. The van der Waals surface area contributed by atoms with Crippen molar-refractivity contribution in [3.8, 4) is 5.75 Å². The summed E-state index contributed by atoms with van der Waals surface area (Å²) in [5.41, 5.74) is 2.36. The van der Waals surface area contributed by atoms with Crippen molar-refractivity contribution in [1.82, 2.24) is 0 Å². The molecule has 0 bridgehead atoms. The van der Waals surface area contributed by atoms with Gasteiger partial charge in [0.15, 0.2) is 0 Å². The van der Waals surface area contributed by atoms with Crippen LogP contribution in [0.3, 0.4) is 0 Å². The molecule has 0 spiro atoms. The van der Waals surface area contributed by atoms with E-state index in [0.717, 1.165) is 43.6 Å². The Bertz CT molecular complexity index is 842. The third kappa shape index (κ3) is 17.7. The van der Waals surface area contributed by atoms with Crippen LogP contribution < -0.4 is 4.74 Å². The van der Waals surface area contributed by atoms with E-state index in [1.807, 2.05) is 24.3 Å². The minimum absolute atomic E-state index is 0.202. The van der Waals surface area contributed by atoms with Crippen LogP contribution in [0.5, 0.6) is 5.75 Å². The number of methoxy groups -OCH3 is 1. The second-order valence-corrected chi connectivity index (χ2v) is 33.7. The van der Waals surface area contributed by atoms with Crippen molar-refractivity contribution in [2.45, 2.75) is 92.7 Å². The molecular formula is C32H58O5SiSn. The number of aliphatic hydroxyl groups is 1. The second kappa shape index (κ2) is 18.7. The molecule has 3 atom stereocenters. The van der Waals surface area contributed by atoms with Gasteiger partial charge in [0.25, 0.3) is 0 Å². The molecule has 0 aromatic heterocycles. The van der Waals surface area contributed by atoms with Gasteiger partial charge >= 0.3 is 194 Å². The Kier molecular flexibility index (Phi) is 17.5. The zero-order valence-electron chi connectivity index (χ0n) is 26.5. The molecule has 39 heavy (non-hydrogen) atoms. The molecule has 5 nitrogen and oxygen atoms in total. The molecule has 0 aliphatic carbocycles. The van der Waals surface area contributed by atoms with E-state index in [4.69, 9.17) is 18.9 Å². The van der Waals surface area contributed by atoms with Gasteiger partial charge in [0.05, 0.1) is 0 Å². The van der Waals surface area contributed by atoms with Crippen LogP contribution in [0.4, 0.5) is 0 Å². The summed E-state index contributed by atoms with van der Waals surface area (Å²) in [6, 6.07) is 9.15. The summed E-state index contributed by atoms with van der Waals surface area (Å²) in [6.07, 6.45) is 5.49. The third-order valence-electron chi connectivity index (χ3n) is 7.08. The fourth-order valence-corrected chi connectivity index (χ4v) is 9.17. The van der Waals surface area contributed by atoms with E-state index in [2.05, 4.69) is 61.0 Å². The standard InChI is InChI=1S/C29H49O5Si.3CH3.Sn/c1-8-26(21-33-22-27-12-14-29(31-4)15-13-27)19-28(30)18-24(2)10-9-11-25(3)20-34-23-32-16-17-35(5,6)7;;;;/h11-15,24,26,28,30H,1,9-10,16-23H2,2-7H3;3*1H3;/b25-11+;;;;/t24-,26+,28-;;;;/m1..../s1. The number of rotatable bonds is 21. The summed E-state index contributed by atoms with van der Waals surface area (Å²) in [7, 11) is 0.628. The van der Waals surface area contributed by atoms with Crippen LogP contribution in [0.1, 0.15) is 45.1 Å². The fourth-order valence-electron chi connectivity index (χ4n) is 4.34. The zero-order chi connectivity index (χ0) is 29.5. The van der Waals surface area contributed by atoms with Crippen molar-refractivity contribution in [1.29, 1.82) is 0 Å². The van der Waals surface area contributed by atoms with E-state index in [0.29, 0.717) is 32.5 Å². The monoisotopic (exact) mass is 670 g/mol. The molecular weight excluding hydrogens is 611 g/mol. The molecule has 0 saturated carbocycles. The minimum atomic E-state index is -2.34. The van der Waals surface area contributed by atoms with Crippen molar-refractivity contribution in [2.75, 3.05) is 33.7 Å². The molecule has 0 fully saturated rings. The predicted molar refractivity (Wildman–Crippen MR) is 171 cm³/mol. The number of hydrogen-bond acceptors (Lipinski definition) is 5. The first-order valence-electron chi connectivity index (χ1n) is 14.6. The van der Waals surface area contributed by atoms with Gasteiger partial charge in [-0.25, -0.2) is 0 Å². The van der Waals surface area contributed by atoms with E-state index in [1.165, 1.54) is 15.2 Å². The van der Waals surface area contributed by atoms with Gasteiger partial charge < -0.3 is 4.74 Å². The molecule has 0 unspecified atom stereocenters. The number of hydrogen-bond donors (Lipinski definition) is 1. The van der Waals surface area contributed by atoms with Crippen molar-refractivity contribution < 1.29 is 24.1 Å². The number of allylic oxidation sites excluding steroid dienone is 1. The molecule has 0 amide bonds. The SMILES string of the molecule is C=[C]([C@H](COCc1ccc(OC)cc1)C[C@H](O)C[C@H](C)CC/C=C(\C)COCOCC[Si](C)(C)C)[Sn]([CH3])([CH3])[CH3]. The van der Waals surface area contributed by atoms with Crippen LogP contribution in [0.25, 0.3) is 0 Å². The quantitative estimate of drug-likeness (QED) is 0.0621. The second-order valence-electron chi connectivity index (χ2n) is 13.4. The van der Waals surface area contributed by atoms with Gasteiger partial charge in [-0.3, -0.25) is 0 Å². The van der Waals surface area contributed by atoms with Gasteiger partial charge in [0.1, 0.15) is 6.79 Å². The van der Waals surface area contributed by atoms with E-state index in [-0.39, 0.29) is 12.0 Å². The van der Waals surface area contributed by atoms with Crippen molar-refractivity contribution in [3.63, 3.8) is 0 Å². The van der Waals surface area contributed by atoms with E-state index >= 15 is 0 Å². The molecule has 1 aromatic carbocycles. The Morgan fingerprint density at radius 3 is 2.31 bits per heavy atom. The normalized spacial score (nSPS) is 15.2. The van der Waals surface area contributed by atoms with Crippen LogP contribution in [-0.2, 0) is 20.8 Å². The molecule has 0 radical (unpaired) electrons. The van der Waals surface area contributed by atoms with Crippen LogP contribution >= 0.6 is 0 Å². The topological polar surface area (TPSA) is 57.2 Å².